The summed E-state index contributed by atoms with van der Waals surface area (Å²) in [4.78, 5) is 14.2. The van der Waals surface area contributed by atoms with Gasteiger partial charge in [-0.05, 0) is 39.7 Å². The quantitative estimate of drug-likeness (QED) is 0.853. The number of aryl methyl sites for hydroxylation is 2. The number of rotatable bonds is 4. The second-order valence-corrected chi connectivity index (χ2v) is 6.66. The molecule has 0 amide bonds. The van der Waals surface area contributed by atoms with Gasteiger partial charge in [-0.15, -0.1) is 0 Å². The van der Waals surface area contributed by atoms with Crippen LogP contribution in [0.3, 0.4) is 0 Å². The van der Waals surface area contributed by atoms with Crippen molar-refractivity contribution in [1.82, 2.24) is 14.9 Å². The van der Waals surface area contributed by atoms with E-state index < -0.39 is 0 Å². The van der Waals surface area contributed by atoms with Crippen LogP contribution in [0.4, 0.5) is 5.82 Å². The highest BCUT2D eigenvalue weighted by atomic mass is 15.3. The molecule has 3 rings (SSSR count). The molecule has 0 N–H and O–H groups in total. The van der Waals surface area contributed by atoms with Gasteiger partial charge < -0.3 is 4.90 Å². The first-order valence-corrected chi connectivity index (χ1v) is 8.52. The lowest BCUT2D eigenvalue weighted by atomic mass is 9.97. The van der Waals surface area contributed by atoms with E-state index in [1.54, 1.807) is 0 Å². The van der Waals surface area contributed by atoms with E-state index in [4.69, 9.17) is 4.98 Å². The van der Waals surface area contributed by atoms with Crippen LogP contribution in [0.25, 0.3) is 0 Å². The van der Waals surface area contributed by atoms with Crippen molar-refractivity contribution < 1.29 is 0 Å². The number of aromatic nitrogens is 2. The van der Waals surface area contributed by atoms with Gasteiger partial charge in [0.1, 0.15) is 11.6 Å². The zero-order valence-corrected chi connectivity index (χ0v) is 13.7. The molecule has 4 nitrogen and oxygen atoms in total. The maximum atomic E-state index is 4.71. The molecule has 1 aromatic heterocycles. The first kappa shape index (κ1) is 14.8. The van der Waals surface area contributed by atoms with Gasteiger partial charge in [-0.2, -0.15) is 0 Å². The van der Waals surface area contributed by atoms with Crippen LogP contribution in [0.1, 0.15) is 50.9 Å². The smallest absolute Gasteiger partial charge is 0.135 e. The normalized spacial score (nSPS) is 24.1. The van der Waals surface area contributed by atoms with Crippen LogP contribution >= 0.6 is 0 Å². The highest BCUT2D eigenvalue weighted by Crippen LogP contribution is 2.29. The van der Waals surface area contributed by atoms with E-state index in [-0.39, 0.29) is 0 Å². The van der Waals surface area contributed by atoms with Crippen LogP contribution in [0, 0.1) is 6.92 Å². The summed E-state index contributed by atoms with van der Waals surface area (Å²) in [6.45, 7) is 10.2. The zero-order valence-electron chi connectivity index (χ0n) is 13.7. The molecule has 0 radical (unpaired) electrons. The molecule has 1 unspecified atom stereocenters. The largest absolute Gasteiger partial charge is 0.353 e. The third kappa shape index (κ3) is 3.05. The Kier molecular flexibility index (Phi) is 4.43. The maximum absolute atomic E-state index is 4.71. The molecular weight excluding hydrogens is 260 g/mol. The summed E-state index contributed by atoms with van der Waals surface area (Å²) < 4.78 is 0. The van der Waals surface area contributed by atoms with Crippen molar-refractivity contribution in [1.29, 1.82) is 0 Å². The molecule has 116 valence electrons. The number of piperidine rings is 1. The molecule has 4 heteroatoms. The van der Waals surface area contributed by atoms with Crippen molar-refractivity contribution in [3.63, 3.8) is 0 Å². The van der Waals surface area contributed by atoms with Crippen molar-refractivity contribution in [3.8, 4) is 0 Å². The third-order valence-corrected chi connectivity index (χ3v) is 4.97. The van der Waals surface area contributed by atoms with E-state index in [0.29, 0.717) is 0 Å². The van der Waals surface area contributed by atoms with E-state index in [2.05, 4.69) is 28.6 Å². The zero-order chi connectivity index (χ0) is 14.8. The van der Waals surface area contributed by atoms with Crippen LogP contribution in [0.15, 0.2) is 6.20 Å². The molecule has 0 saturated carbocycles. The highest BCUT2D eigenvalue weighted by molar-refractivity contribution is 5.49. The van der Waals surface area contributed by atoms with Gasteiger partial charge in [-0.3, -0.25) is 4.90 Å². The van der Waals surface area contributed by atoms with Gasteiger partial charge in [-0.1, -0.05) is 19.8 Å². The summed E-state index contributed by atoms with van der Waals surface area (Å²) in [5, 5.41) is 0. The summed E-state index contributed by atoms with van der Waals surface area (Å²) in [5.74, 6) is 2.07. The number of hydrogen-bond donors (Lipinski definition) is 0. The fourth-order valence-electron chi connectivity index (χ4n) is 3.70. The van der Waals surface area contributed by atoms with Gasteiger partial charge >= 0.3 is 0 Å². The summed E-state index contributed by atoms with van der Waals surface area (Å²) in [5.41, 5.74) is 1.31. The molecule has 0 bridgehead atoms. The van der Waals surface area contributed by atoms with Gasteiger partial charge in [0.25, 0.3) is 0 Å². The second kappa shape index (κ2) is 6.30. The van der Waals surface area contributed by atoms with Crippen molar-refractivity contribution in [2.75, 3.05) is 24.5 Å². The number of likely N-dealkylation sites (tertiary alicyclic amines) is 1. The molecule has 2 fully saturated rings. The molecule has 1 aromatic rings. The van der Waals surface area contributed by atoms with Gasteiger partial charge in [0.2, 0.25) is 0 Å². The van der Waals surface area contributed by atoms with E-state index in [1.165, 1.54) is 37.2 Å². The van der Waals surface area contributed by atoms with Crippen LogP contribution in [-0.2, 0) is 6.42 Å². The lowest BCUT2D eigenvalue weighted by Crippen LogP contribution is -2.62. The van der Waals surface area contributed by atoms with Crippen molar-refractivity contribution in [2.45, 2.75) is 65.0 Å². The Morgan fingerprint density at radius 3 is 2.81 bits per heavy atom. The van der Waals surface area contributed by atoms with E-state index in [9.17, 15) is 0 Å². The fourth-order valence-corrected chi connectivity index (χ4v) is 3.70. The number of hydrogen-bond acceptors (Lipinski definition) is 4. The minimum Gasteiger partial charge on any atom is -0.353 e. The summed E-state index contributed by atoms with van der Waals surface area (Å²) in [6, 6.07) is 1.48. The topological polar surface area (TPSA) is 32.3 Å². The predicted molar refractivity (Wildman–Crippen MR) is 86.8 cm³/mol. The number of anilines is 1. The minimum absolute atomic E-state index is 0.727. The lowest BCUT2D eigenvalue weighted by Gasteiger charge is -2.50. The Balaban J connectivity index is 1.66. The lowest BCUT2D eigenvalue weighted by molar-refractivity contribution is 0.0872. The fraction of sp³-hybridized carbons (Fsp3) is 0.765. The Bertz CT molecular complexity index is 482. The van der Waals surface area contributed by atoms with Gasteiger partial charge in [0, 0.05) is 36.9 Å². The van der Waals surface area contributed by atoms with Crippen LogP contribution in [0.2, 0.25) is 0 Å². The molecule has 2 saturated heterocycles. The Morgan fingerprint density at radius 2 is 2.10 bits per heavy atom. The molecule has 0 aliphatic carbocycles. The molecule has 2 aliphatic rings. The molecule has 0 spiro atoms. The van der Waals surface area contributed by atoms with E-state index in [1.807, 2.05) is 13.1 Å². The summed E-state index contributed by atoms with van der Waals surface area (Å²) in [7, 11) is 0. The molecule has 21 heavy (non-hydrogen) atoms. The van der Waals surface area contributed by atoms with Gasteiger partial charge in [0.15, 0.2) is 0 Å². The average Bonchev–Trinajstić information content (AvgIpc) is 2.42. The molecule has 2 aliphatic heterocycles. The van der Waals surface area contributed by atoms with E-state index in [0.717, 1.165) is 43.8 Å². The van der Waals surface area contributed by atoms with Crippen LogP contribution < -0.4 is 4.90 Å². The molecule has 1 atom stereocenters. The monoisotopic (exact) mass is 288 g/mol. The van der Waals surface area contributed by atoms with Crippen LogP contribution in [0.5, 0.6) is 0 Å². The van der Waals surface area contributed by atoms with Gasteiger partial charge in [0.05, 0.1) is 0 Å². The molecular formula is C17H28N4. The van der Waals surface area contributed by atoms with Crippen molar-refractivity contribution >= 4 is 5.82 Å². The molecule has 3 heterocycles. The third-order valence-electron chi connectivity index (χ3n) is 4.97. The highest BCUT2D eigenvalue weighted by Gasteiger charge is 2.36. The SMILES string of the molecule is CCCc1cnc(C)nc1N1CC(N2CCCCC2C)C1. The number of nitrogens with zero attached hydrogens (tertiary/aromatic N) is 4. The minimum atomic E-state index is 0.727. The predicted octanol–water partition coefficient (Wildman–Crippen LogP) is 2.80. The van der Waals surface area contributed by atoms with Crippen LogP contribution in [-0.4, -0.2) is 46.6 Å². The second-order valence-electron chi connectivity index (χ2n) is 6.66. The first-order chi connectivity index (χ1) is 10.2. The Morgan fingerprint density at radius 1 is 1.29 bits per heavy atom. The Hall–Kier alpha value is -1.16. The molecule has 0 aromatic carbocycles. The maximum Gasteiger partial charge on any atom is 0.135 e. The summed E-state index contributed by atoms with van der Waals surface area (Å²) in [6.07, 6.45) is 8.40. The van der Waals surface area contributed by atoms with Crippen molar-refractivity contribution in [3.05, 3.63) is 17.6 Å². The standard InChI is InChI=1S/C17H28N4/c1-4-7-15-10-18-14(3)19-17(15)20-11-16(12-20)21-9-6-5-8-13(21)2/h10,13,16H,4-9,11-12H2,1-3H3. The average molecular weight is 288 g/mol. The van der Waals surface area contributed by atoms with Crippen molar-refractivity contribution in [2.24, 2.45) is 0 Å². The van der Waals surface area contributed by atoms with E-state index >= 15 is 0 Å². The summed E-state index contributed by atoms with van der Waals surface area (Å²) >= 11 is 0. The Labute approximate surface area is 128 Å². The first-order valence-electron chi connectivity index (χ1n) is 8.52. The van der Waals surface area contributed by atoms with Gasteiger partial charge in [-0.25, -0.2) is 9.97 Å².